The van der Waals surface area contributed by atoms with Gasteiger partial charge >= 0.3 is 5.82 Å². The Bertz CT molecular complexity index is 233. The van der Waals surface area contributed by atoms with Crippen LogP contribution < -0.4 is 0 Å². The van der Waals surface area contributed by atoms with Gasteiger partial charge in [0.1, 0.15) is 0 Å². The molecular weight excluding hydrogens is 129 g/mol. The second-order valence-corrected chi connectivity index (χ2v) is 1.32. The van der Waals surface area contributed by atoms with Crippen LogP contribution in [-0.2, 0) is 0 Å². The SMILES string of the molecule is O=[N+]([O-])c1ccn(F)n1. The molecule has 0 saturated heterocycles. The van der Waals surface area contributed by atoms with Gasteiger partial charge in [0.25, 0.3) is 0 Å². The molecule has 1 rings (SSSR count). The molecule has 0 atom stereocenters. The molecular formula is C3H2FN3O2. The Kier molecular flexibility index (Phi) is 1.14. The summed E-state index contributed by atoms with van der Waals surface area (Å²) >= 11 is 0. The Labute approximate surface area is 48.8 Å². The van der Waals surface area contributed by atoms with E-state index >= 15 is 0 Å². The van der Waals surface area contributed by atoms with E-state index in [0.29, 0.717) is 0 Å². The number of aromatic nitrogens is 2. The topological polar surface area (TPSA) is 61.0 Å². The van der Waals surface area contributed by atoms with Crippen molar-refractivity contribution in [3.05, 3.63) is 22.4 Å². The van der Waals surface area contributed by atoms with Crippen LogP contribution in [0.1, 0.15) is 0 Å². The van der Waals surface area contributed by atoms with Crippen LogP contribution >= 0.6 is 0 Å². The maximum Gasteiger partial charge on any atom is 0.392 e. The number of halogens is 1. The second kappa shape index (κ2) is 1.81. The van der Waals surface area contributed by atoms with Crippen LogP contribution in [0.5, 0.6) is 0 Å². The predicted octanol–water partition coefficient (Wildman–Crippen LogP) is 0.524. The van der Waals surface area contributed by atoms with Crippen molar-refractivity contribution in [3.8, 4) is 0 Å². The van der Waals surface area contributed by atoms with Crippen LogP contribution in [0.3, 0.4) is 0 Å². The molecule has 0 N–H and O–H groups in total. The summed E-state index contributed by atoms with van der Waals surface area (Å²) in [6, 6.07) is 0.972. The average Bonchev–Trinajstić information content (AvgIpc) is 2.14. The third-order valence-corrected chi connectivity index (χ3v) is 0.732. The molecule has 0 aromatic carbocycles. The molecule has 5 nitrogen and oxygen atoms in total. The molecule has 0 fully saturated rings. The average molecular weight is 131 g/mol. The summed E-state index contributed by atoms with van der Waals surface area (Å²) < 4.78 is 11.8. The first-order valence-corrected chi connectivity index (χ1v) is 2.06. The highest BCUT2D eigenvalue weighted by atomic mass is 19.2. The van der Waals surface area contributed by atoms with E-state index in [0.717, 1.165) is 12.3 Å². The fourth-order valence-corrected chi connectivity index (χ4v) is 0.390. The molecule has 0 radical (unpaired) electrons. The zero-order chi connectivity index (χ0) is 6.85. The highest BCUT2D eigenvalue weighted by molar-refractivity contribution is 5.13. The summed E-state index contributed by atoms with van der Waals surface area (Å²) in [4.78, 5) is 8.90. The molecule has 0 amide bonds. The lowest BCUT2D eigenvalue weighted by molar-refractivity contribution is -0.390. The minimum Gasteiger partial charge on any atom is -0.358 e. The quantitative estimate of drug-likeness (QED) is 0.412. The number of hydrogen-bond acceptors (Lipinski definition) is 3. The maximum absolute atomic E-state index is 11.8. The molecule has 1 aromatic rings. The number of rotatable bonds is 1. The molecule has 0 aliphatic heterocycles. The summed E-state index contributed by atoms with van der Waals surface area (Å²) in [6.45, 7) is 0. The Morgan fingerprint density at radius 2 is 2.56 bits per heavy atom. The van der Waals surface area contributed by atoms with Gasteiger partial charge in [0, 0.05) is 0 Å². The first-order chi connectivity index (χ1) is 4.20. The van der Waals surface area contributed by atoms with Gasteiger partial charge in [-0.25, -0.2) is 0 Å². The molecule has 1 heterocycles. The summed E-state index contributed by atoms with van der Waals surface area (Å²) in [6.07, 6.45) is 0.859. The van der Waals surface area contributed by atoms with Gasteiger partial charge in [-0.1, -0.05) is 4.48 Å². The third-order valence-electron chi connectivity index (χ3n) is 0.732. The van der Waals surface area contributed by atoms with Gasteiger partial charge in [-0.3, -0.25) is 0 Å². The zero-order valence-corrected chi connectivity index (χ0v) is 4.19. The van der Waals surface area contributed by atoms with Gasteiger partial charge in [0.2, 0.25) is 0 Å². The summed E-state index contributed by atoms with van der Waals surface area (Å²) in [5.41, 5.74) is 0. The van der Waals surface area contributed by atoms with E-state index in [-0.39, 0.29) is 4.90 Å². The fourth-order valence-electron chi connectivity index (χ4n) is 0.390. The summed E-state index contributed by atoms with van der Waals surface area (Å²) in [7, 11) is 0. The monoisotopic (exact) mass is 131 g/mol. The van der Waals surface area contributed by atoms with Crippen LogP contribution in [-0.4, -0.2) is 14.9 Å². The molecule has 0 unspecified atom stereocenters. The van der Waals surface area contributed by atoms with Crippen molar-refractivity contribution in [2.45, 2.75) is 0 Å². The van der Waals surface area contributed by atoms with E-state index in [1.54, 1.807) is 0 Å². The van der Waals surface area contributed by atoms with Crippen LogP contribution in [0.15, 0.2) is 12.3 Å². The van der Waals surface area contributed by atoms with Gasteiger partial charge in [-0.2, -0.15) is 0 Å². The van der Waals surface area contributed by atoms with Crippen molar-refractivity contribution in [2.24, 2.45) is 0 Å². The van der Waals surface area contributed by atoms with Crippen LogP contribution in [0.25, 0.3) is 0 Å². The van der Waals surface area contributed by atoms with Crippen LogP contribution in [0.4, 0.5) is 10.3 Å². The van der Waals surface area contributed by atoms with E-state index in [2.05, 4.69) is 5.10 Å². The number of hydrogen-bond donors (Lipinski definition) is 0. The first-order valence-electron chi connectivity index (χ1n) is 2.06. The van der Waals surface area contributed by atoms with Crippen molar-refractivity contribution < 1.29 is 9.40 Å². The maximum atomic E-state index is 11.8. The van der Waals surface area contributed by atoms with Gasteiger partial charge in [0.05, 0.1) is 17.4 Å². The Morgan fingerprint density at radius 1 is 1.89 bits per heavy atom. The molecule has 0 saturated carbocycles. The molecule has 0 aliphatic rings. The first kappa shape index (κ1) is 5.67. The largest absolute Gasteiger partial charge is 0.392 e. The predicted molar refractivity (Wildman–Crippen MR) is 25.4 cm³/mol. The normalized spacial score (nSPS) is 9.44. The van der Waals surface area contributed by atoms with Gasteiger partial charge in [-0.05, 0) is 9.83 Å². The molecule has 48 valence electrons. The highest BCUT2D eigenvalue weighted by Crippen LogP contribution is 2.03. The molecule has 6 heteroatoms. The number of nitrogens with zero attached hydrogens (tertiary/aromatic N) is 3. The van der Waals surface area contributed by atoms with Crippen molar-refractivity contribution in [2.75, 3.05) is 0 Å². The Balaban J connectivity index is 2.98. The summed E-state index contributed by atoms with van der Waals surface area (Å²) in [5.74, 6) is -0.488. The summed E-state index contributed by atoms with van der Waals surface area (Å²) in [5, 5.41) is 12.6. The van der Waals surface area contributed by atoms with Gasteiger partial charge in [0.15, 0.2) is 0 Å². The molecule has 1 aromatic heterocycles. The minimum absolute atomic E-state index is 0.113. The fraction of sp³-hybridized carbons (Fsp3) is 0. The van der Waals surface area contributed by atoms with Crippen molar-refractivity contribution >= 4 is 5.82 Å². The van der Waals surface area contributed by atoms with Crippen molar-refractivity contribution in [1.82, 2.24) is 10.0 Å². The van der Waals surface area contributed by atoms with E-state index < -0.39 is 10.7 Å². The zero-order valence-electron chi connectivity index (χ0n) is 4.19. The highest BCUT2D eigenvalue weighted by Gasteiger charge is 2.08. The van der Waals surface area contributed by atoms with Crippen LogP contribution in [0.2, 0.25) is 0 Å². The van der Waals surface area contributed by atoms with E-state index in [4.69, 9.17) is 0 Å². The molecule has 9 heavy (non-hydrogen) atoms. The minimum atomic E-state index is -0.768. The standard InChI is InChI=1S/C3H2FN3O2/c4-6-2-1-3(5-6)7(8)9/h1-2H. The van der Waals surface area contributed by atoms with Gasteiger partial charge < -0.3 is 10.1 Å². The van der Waals surface area contributed by atoms with E-state index in [9.17, 15) is 14.6 Å². The Hall–Kier alpha value is -1.46. The number of nitro groups is 1. The molecule has 0 spiro atoms. The molecule has 0 aliphatic carbocycles. The molecule has 0 bridgehead atoms. The second-order valence-electron chi connectivity index (χ2n) is 1.32. The van der Waals surface area contributed by atoms with Crippen LogP contribution in [0, 0.1) is 10.1 Å². The van der Waals surface area contributed by atoms with E-state index in [1.165, 1.54) is 0 Å². The van der Waals surface area contributed by atoms with Crippen molar-refractivity contribution in [3.63, 3.8) is 0 Å². The third kappa shape index (κ3) is 1.01. The lowest BCUT2D eigenvalue weighted by Crippen LogP contribution is -1.89. The lowest BCUT2D eigenvalue weighted by atomic mass is 10.7. The van der Waals surface area contributed by atoms with Crippen molar-refractivity contribution in [1.29, 1.82) is 0 Å². The lowest BCUT2D eigenvalue weighted by Gasteiger charge is -1.80. The van der Waals surface area contributed by atoms with E-state index in [1.807, 2.05) is 0 Å². The van der Waals surface area contributed by atoms with Gasteiger partial charge in [-0.15, -0.1) is 0 Å². The smallest absolute Gasteiger partial charge is 0.358 e. The Morgan fingerprint density at radius 3 is 2.78 bits per heavy atom.